The summed E-state index contributed by atoms with van der Waals surface area (Å²) in [6, 6.07) is 15.2. The van der Waals surface area contributed by atoms with Crippen molar-refractivity contribution in [2.24, 2.45) is 0 Å². The van der Waals surface area contributed by atoms with Crippen molar-refractivity contribution in [3.05, 3.63) is 65.2 Å². The lowest BCUT2D eigenvalue weighted by molar-refractivity contribution is -0.135. The summed E-state index contributed by atoms with van der Waals surface area (Å²) in [4.78, 5) is 16.4. The number of hydrogen-bond donors (Lipinski definition) is 2. The average molecular weight is 490 g/mol. The van der Waals surface area contributed by atoms with Crippen molar-refractivity contribution in [3.8, 4) is 5.75 Å². The summed E-state index contributed by atoms with van der Waals surface area (Å²) >= 11 is 5.93. The summed E-state index contributed by atoms with van der Waals surface area (Å²) in [5, 5.41) is 1.79. The van der Waals surface area contributed by atoms with Gasteiger partial charge < -0.3 is 15.4 Å². The molecule has 8 nitrogen and oxygen atoms in total. The van der Waals surface area contributed by atoms with E-state index in [0.29, 0.717) is 34.6 Å². The second-order valence-corrected chi connectivity index (χ2v) is 9.81. The SMILES string of the molecule is Nc1ccc2c(OCC(=O)N3CCN(Cc4ccc(Cl)cc4)CC3)cc(S(=O)(=O)O)cc2c1. The maximum atomic E-state index is 12.7. The van der Waals surface area contributed by atoms with Gasteiger partial charge in [0.1, 0.15) is 5.75 Å². The quantitative estimate of drug-likeness (QED) is 0.404. The van der Waals surface area contributed by atoms with Crippen LogP contribution >= 0.6 is 11.6 Å². The number of fused-ring (bicyclic) bond motifs is 1. The van der Waals surface area contributed by atoms with E-state index in [1.165, 1.54) is 12.1 Å². The molecular weight excluding hydrogens is 466 g/mol. The number of carbonyl (C=O) groups is 1. The van der Waals surface area contributed by atoms with E-state index in [4.69, 9.17) is 22.1 Å². The molecule has 0 aliphatic carbocycles. The van der Waals surface area contributed by atoms with Crippen molar-refractivity contribution in [2.45, 2.75) is 11.4 Å². The highest BCUT2D eigenvalue weighted by molar-refractivity contribution is 7.85. The van der Waals surface area contributed by atoms with Crippen LogP contribution in [-0.2, 0) is 21.5 Å². The van der Waals surface area contributed by atoms with Gasteiger partial charge in [0, 0.05) is 54.9 Å². The molecule has 0 spiro atoms. The Morgan fingerprint density at radius 3 is 2.39 bits per heavy atom. The van der Waals surface area contributed by atoms with Crippen LogP contribution in [0.2, 0.25) is 5.02 Å². The van der Waals surface area contributed by atoms with Crippen molar-refractivity contribution >= 4 is 44.1 Å². The van der Waals surface area contributed by atoms with Gasteiger partial charge >= 0.3 is 0 Å². The van der Waals surface area contributed by atoms with E-state index in [9.17, 15) is 17.8 Å². The highest BCUT2D eigenvalue weighted by Crippen LogP contribution is 2.31. The fraction of sp³-hybridized carbons (Fsp3) is 0.261. The maximum absolute atomic E-state index is 12.7. The highest BCUT2D eigenvalue weighted by atomic mass is 35.5. The lowest BCUT2D eigenvalue weighted by atomic mass is 10.1. The van der Waals surface area contributed by atoms with Crippen LogP contribution in [0.15, 0.2) is 59.5 Å². The summed E-state index contributed by atoms with van der Waals surface area (Å²) in [6.45, 7) is 3.14. The van der Waals surface area contributed by atoms with Gasteiger partial charge in [-0.2, -0.15) is 8.42 Å². The third-order valence-electron chi connectivity index (χ3n) is 5.61. The normalized spacial score (nSPS) is 15.0. The fourth-order valence-corrected chi connectivity index (χ4v) is 4.49. The van der Waals surface area contributed by atoms with Crippen LogP contribution in [0.25, 0.3) is 10.8 Å². The molecule has 3 aromatic rings. The zero-order chi connectivity index (χ0) is 23.6. The molecule has 3 N–H and O–H groups in total. The molecule has 0 bridgehead atoms. The van der Waals surface area contributed by atoms with Crippen molar-refractivity contribution in [1.29, 1.82) is 0 Å². The zero-order valence-corrected chi connectivity index (χ0v) is 19.3. The van der Waals surface area contributed by atoms with E-state index in [1.807, 2.05) is 24.3 Å². The topological polar surface area (TPSA) is 113 Å². The number of nitrogens with two attached hydrogens (primary N) is 1. The van der Waals surface area contributed by atoms with Crippen LogP contribution in [-0.4, -0.2) is 61.5 Å². The van der Waals surface area contributed by atoms with Gasteiger partial charge in [0.05, 0.1) is 4.90 Å². The molecule has 174 valence electrons. The van der Waals surface area contributed by atoms with Crippen molar-refractivity contribution in [3.63, 3.8) is 0 Å². The van der Waals surface area contributed by atoms with Crippen LogP contribution in [0.4, 0.5) is 5.69 Å². The summed E-state index contributed by atoms with van der Waals surface area (Å²) in [5.41, 5.74) is 7.40. The molecule has 33 heavy (non-hydrogen) atoms. The van der Waals surface area contributed by atoms with Crippen molar-refractivity contribution in [2.75, 3.05) is 38.5 Å². The first-order chi connectivity index (χ1) is 15.7. The lowest BCUT2D eigenvalue weighted by Gasteiger charge is -2.34. The van der Waals surface area contributed by atoms with Crippen LogP contribution in [0, 0.1) is 0 Å². The van der Waals surface area contributed by atoms with Crippen molar-refractivity contribution < 1.29 is 22.5 Å². The van der Waals surface area contributed by atoms with E-state index in [0.717, 1.165) is 25.2 Å². The number of anilines is 1. The van der Waals surface area contributed by atoms with Crippen LogP contribution < -0.4 is 10.5 Å². The molecular formula is C23H24ClN3O5S. The van der Waals surface area contributed by atoms with E-state index in [-0.39, 0.29) is 23.2 Å². The molecule has 1 heterocycles. The van der Waals surface area contributed by atoms with E-state index in [1.54, 1.807) is 23.1 Å². The number of hydrogen-bond acceptors (Lipinski definition) is 6. The summed E-state index contributed by atoms with van der Waals surface area (Å²) < 4.78 is 38.5. The average Bonchev–Trinajstić information content (AvgIpc) is 2.78. The smallest absolute Gasteiger partial charge is 0.294 e. The summed E-state index contributed by atoms with van der Waals surface area (Å²) in [5.74, 6) is -0.00292. The number of nitrogens with zero attached hydrogens (tertiary/aromatic N) is 2. The van der Waals surface area contributed by atoms with Gasteiger partial charge in [-0.3, -0.25) is 14.2 Å². The van der Waals surface area contributed by atoms with Gasteiger partial charge in [-0.05, 0) is 47.3 Å². The van der Waals surface area contributed by atoms with Gasteiger partial charge in [-0.1, -0.05) is 23.7 Å². The zero-order valence-electron chi connectivity index (χ0n) is 17.8. The molecule has 0 aromatic heterocycles. The molecule has 4 rings (SSSR count). The summed E-state index contributed by atoms with van der Waals surface area (Å²) in [7, 11) is -4.45. The third kappa shape index (κ3) is 5.75. The van der Waals surface area contributed by atoms with Crippen LogP contribution in [0.5, 0.6) is 5.75 Å². The number of benzene rings is 3. The van der Waals surface area contributed by atoms with Gasteiger partial charge in [-0.25, -0.2) is 0 Å². The third-order valence-corrected chi connectivity index (χ3v) is 6.69. The first-order valence-corrected chi connectivity index (χ1v) is 12.2. The Kier molecular flexibility index (Phi) is 6.76. The van der Waals surface area contributed by atoms with Crippen molar-refractivity contribution in [1.82, 2.24) is 9.80 Å². The monoisotopic (exact) mass is 489 g/mol. The van der Waals surface area contributed by atoms with Crippen LogP contribution in [0.1, 0.15) is 5.56 Å². The Morgan fingerprint density at radius 1 is 1.03 bits per heavy atom. The van der Waals surface area contributed by atoms with Crippen LogP contribution in [0.3, 0.4) is 0 Å². The summed E-state index contributed by atoms with van der Waals surface area (Å²) in [6.07, 6.45) is 0. The number of piperazine rings is 1. The van der Waals surface area contributed by atoms with Gasteiger partial charge in [0.25, 0.3) is 16.0 Å². The largest absolute Gasteiger partial charge is 0.483 e. The molecule has 3 aromatic carbocycles. The Bertz CT molecular complexity index is 1270. The number of rotatable bonds is 6. The predicted molar refractivity (Wildman–Crippen MR) is 127 cm³/mol. The van der Waals surface area contributed by atoms with Gasteiger partial charge in [0.15, 0.2) is 6.61 Å². The molecule has 0 unspecified atom stereocenters. The second-order valence-electron chi connectivity index (χ2n) is 7.95. The number of amides is 1. The second kappa shape index (κ2) is 9.56. The van der Waals surface area contributed by atoms with E-state index < -0.39 is 10.1 Å². The Balaban J connectivity index is 1.39. The molecule has 0 atom stereocenters. The van der Waals surface area contributed by atoms with E-state index >= 15 is 0 Å². The van der Waals surface area contributed by atoms with Gasteiger partial charge in [0.2, 0.25) is 0 Å². The molecule has 1 aliphatic heterocycles. The first kappa shape index (κ1) is 23.3. The Hall–Kier alpha value is -2.85. The number of halogens is 1. The number of ether oxygens (including phenoxy) is 1. The molecule has 1 aliphatic rings. The van der Waals surface area contributed by atoms with Gasteiger partial charge in [-0.15, -0.1) is 0 Å². The maximum Gasteiger partial charge on any atom is 0.294 e. The molecule has 1 saturated heterocycles. The van der Waals surface area contributed by atoms with E-state index in [2.05, 4.69) is 4.90 Å². The minimum atomic E-state index is -4.45. The fourth-order valence-electron chi connectivity index (χ4n) is 3.83. The Labute approximate surface area is 197 Å². The molecule has 1 fully saturated rings. The highest BCUT2D eigenvalue weighted by Gasteiger charge is 2.22. The minimum absolute atomic E-state index is 0.190. The standard InChI is InChI=1S/C23H24ClN3O5S/c24-18-3-1-16(2-4-18)14-26-7-9-27(10-8-26)23(28)15-32-22-13-20(33(29,30)31)12-17-11-19(25)5-6-21(17)22/h1-6,11-13H,7-10,14-15,25H2,(H,29,30,31). The lowest BCUT2D eigenvalue weighted by Crippen LogP contribution is -2.49. The molecule has 10 heteroatoms. The predicted octanol–water partition coefficient (Wildman–Crippen LogP) is 3.05. The Morgan fingerprint density at radius 2 is 1.73 bits per heavy atom. The number of nitrogen functional groups attached to an aromatic ring is 1. The first-order valence-electron chi connectivity index (χ1n) is 10.4. The molecule has 1 amide bonds. The minimum Gasteiger partial charge on any atom is -0.483 e. The molecule has 0 saturated carbocycles. The molecule has 0 radical (unpaired) electrons. The number of carbonyl (C=O) groups excluding carboxylic acids is 1.